The highest BCUT2D eigenvalue weighted by Crippen LogP contribution is 2.12. The highest BCUT2D eigenvalue weighted by molar-refractivity contribution is 14.0. The van der Waals surface area contributed by atoms with Gasteiger partial charge in [0.1, 0.15) is 5.82 Å². The lowest BCUT2D eigenvalue weighted by Gasteiger charge is -2.36. The first-order chi connectivity index (χ1) is 13.7. The van der Waals surface area contributed by atoms with Crippen LogP contribution in [-0.2, 0) is 13.1 Å². The molecule has 1 aliphatic heterocycles. The van der Waals surface area contributed by atoms with E-state index >= 15 is 0 Å². The molecule has 0 atom stereocenters. The van der Waals surface area contributed by atoms with E-state index < -0.39 is 0 Å². The molecule has 0 radical (unpaired) electrons. The van der Waals surface area contributed by atoms with E-state index in [2.05, 4.69) is 63.4 Å². The number of guanidine groups is 1. The summed E-state index contributed by atoms with van der Waals surface area (Å²) in [5, 5.41) is 3.46. The molecule has 158 valence electrons. The Morgan fingerprint density at radius 1 is 1.07 bits per heavy atom. The molecule has 2 heterocycles. The molecule has 0 amide bonds. The Kier molecular flexibility index (Phi) is 9.66. The topological polar surface area (TPSA) is 47.0 Å². The van der Waals surface area contributed by atoms with Gasteiger partial charge in [0.25, 0.3) is 0 Å². The van der Waals surface area contributed by atoms with Crippen LogP contribution in [0.15, 0.2) is 53.7 Å². The monoisotopic (exact) mass is 508 g/mol. The predicted molar refractivity (Wildman–Crippen MR) is 132 cm³/mol. The third kappa shape index (κ3) is 7.15. The van der Waals surface area contributed by atoms with E-state index in [1.54, 1.807) is 0 Å². The molecule has 0 spiro atoms. The Morgan fingerprint density at radius 3 is 2.45 bits per heavy atom. The number of aromatic nitrogens is 1. The maximum absolute atomic E-state index is 4.88. The average molecular weight is 508 g/mol. The minimum absolute atomic E-state index is 0. The zero-order chi connectivity index (χ0) is 19.8. The number of rotatable bonds is 6. The van der Waals surface area contributed by atoms with Gasteiger partial charge in [-0.1, -0.05) is 30.3 Å². The number of pyridine rings is 1. The maximum Gasteiger partial charge on any atom is 0.194 e. The fraction of sp³-hybridized carbons (Fsp3) is 0.455. The molecule has 0 unspecified atom stereocenters. The lowest BCUT2D eigenvalue weighted by Crippen LogP contribution is -2.52. The van der Waals surface area contributed by atoms with Gasteiger partial charge < -0.3 is 15.1 Å². The molecular formula is C22H33IN6. The lowest BCUT2D eigenvalue weighted by molar-refractivity contribution is 0.172. The smallest absolute Gasteiger partial charge is 0.194 e. The van der Waals surface area contributed by atoms with Crippen LogP contribution in [0.1, 0.15) is 18.1 Å². The summed E-state index contributed by atoms with van der Waals surface area (Å²) in [4.78, 5) is 16.2. The molecule has 1 aliphatic rings. The van der Waals surface area contributed by atoms with Crippen LogP contribution >= 0.6 is 24.0 Å². The van der Waals surface area contributed by atoms with Crippen molar-refractivity contribution in [3.63, 3.8) is 0 Å². The standard InChI is InChI=1S/C22H32N6.HI/c1-4-23-22(25-17-20-10-11-24-21(16-20)26(2)3)28-14-12-27(13-15-28)18-19-8-6-5-7-9-19;/h5-11,16H,4,12-15,17-18H2,1-3H3,(H,23,25);1H. The molecular weight excluding hydrogens is 475 g/mol. The summed E-state index contributed by atoms with van der Waals surface area (Å²) in [5.41, 5.74) is 2.56. The molecule has 0 saturated carbocycles. The third-order valence-electron chi connectivity index (χ3n) is 4.94. The molecule has 6 nitrogen and oxygen atoms in total. The van der Waals surface area contributed by atoms with Crippen LogP contribution < -0.4 is 10.2 Å². The second-order valence-corrected chi connectivity index (χ2v) is 7.34. The van der Waals surface area contributed by atoms with Gasteiger partial charge in [-0.25, -0.2) is 9.98 Å². The van der Waals surface area contributed by atoms with E-state index in [9.17, 15) is 0 Å². The number of benzene rings is 1. The highest BCUT2D eigenvalue weighted by Gasteiger charge is 2.19. The van der Waals surface area contributed by atoms with Crippen molar-refractivity contribution in [2.24, 2.45) is 4.99 Å². The Balaban J connectivity index is 0.00000300. The quantitative estimate of drug-likeness (QED) is 0.370. The van der Waals surface area contributed by atoms with Gasteiger partial charge in [-0.2, -0.15) is 0 Å². The molecule has 29 heavy (non-hydrogen) atoms. The Hall–Kier alpha value is -1.87. The van der Waals surface area contributed by atoms with Crippen molar-refractivity contribution < 1.29 is 0 Å². The van der Waals surface area contributed by atoms with Gasteiger partial charge in [-0.05, 0) is 30.2 Å². The van der Waals surface area contributed by atoms with Crippen molar-refractivity contribution in [2.75, 3.05) is 51.7 Å². The number of aliphatic imine (C=N–C) groups is 1. The molecule has 1 saturated heterocycles. The van der Waals surface area contributed by atoms with E-state index in [0.717, 1.165) is 51.0 Å². The normalized spacial score (nSPS) is 15.0. The molecule has 0 aliphatic carbocycles. The number of nitrogens with one attached hydrogen (secondary N) is 1. The van der Waals surface area contributed by atoms with Crippen molar-refractivity contribution >= 4 is 35.8 Å². The van der Waals surface area contributed by atoms with Crippen LogP contribution in [0.3, 0.4) is 0 Å². The molecule has 0 bridgehead atoms. The average Bonchev–Trinajstić information content (AvgIpc) is 2.73. The largest absolute Gasteiger partial charge is 0.363 e. The summed E-state index contributed by atoms with van der Waals surface area (Å²) in [6.45, 7) is 8.79. The summed E-state index contributed by atoms with van der Waals surface area (Å²) in [6.07, 6.45) is 1.86. The number of hydrogen-bond acceptors (Lipinski definition) is 4. The fourth-order valence-electron chi connectivity index (χ4n) is 3.35. The van der Waals surface area contributed by atoms with E-state index in [1.165, 1.54) is 11.1 Å². The first-order valence-electron chi connectivity index (χ1n) is 10.1. The van der Waals surface area contributed by atoms with Gasteiger partial charge in [-0.3, -0.25) is 4.90 Å². The Bertz CT molecular complexity index is 757. The van der Waals surface area contributed by atoms with Crippen molar-refractivity contribution in [2.45, 2.75) is 20.0 Å². The number of anilines is 1. The van der Waals surface area contributed by atoms with Crippen molar-refractivity contribution in [3.05, 3.63) is 59.8 Å². The Labute approximate surface area is 192 Å². The van der Waals surface area contributed by atoms with Crippen molar-refractivity contribution in [1.82, 2.24) is 20.1 Å². The van der Waals surface area contributed by atoms with Gasteiger partial charge in [0, 0.05) is 59.6 Å². The van der Waals surface area contributed by atoms with Crippen LogP contribution in [-0.4, -0.2) is 67.6 Å². The molecule has 3 rings (SSSR count). The number of halogens is 1. The summed E-state index contributed by atoms with van der Waals surface area (Å²) in [7, 11) is 4.02. The zero-order valence-corrected chi connectivity index (χ0v) is 20.0. The molecule has 2 aromatic rings. The van der Waals surface area contributed by atoms with Gasteiger partial charge in [0.2, 0.25) is 0 Å². The third-order valence-corrected chi connectivity index (χ3v) is 4.94. The van der Waals surface area contributed by atoms with Crippen LogP contribution in [0.5, 0.6) is 0 Å². The molecule has 1 N–H and O–H groups in total. The van der Waals surface area contributed by atoms with E-state index in [0.29, 0.717) is 6.54 Å². The maximum atomic E-state index is 4.88. The minimum Gasteiger partial charge on any atom is -0.363 e. The van der Waals surface area contributed by atoms with Gasteiger partial charge in [0.05, 0.1) is 6.54 Å². The fourth-order valence-corrected chi connectivity index (χ4v) is 3.35. The summed E-state index contributed by atoms with van der Waals surface area (Å²) < 4.78 is 0. The SMILES string of the molecule is CCNC(=NCc1ccnc(N(C)C)c1)N1CCN(Cc2ccccc2)CC1.I. The highest BCUT2D eigenvalue weighted by atomic mass is 127. The summed E-state index contributed by atoms with van der Waals surface area (Å²) in [5.74, 6) is 1.97. The molecule has 1 fully saturated rings. The zero-order valence-electron chi connectivity index (χ0n) is 17.7. The molecule has 1 aromatic carbocycles. The van der Waals surface area contributed by atoms with E-state index in [-0.39, 0.29) is 24.0 Å². The number of nitrogens with zero attached hydrogens (tertiary/aromatic N) is 5. The van der Waals surface area contributed by atoms with Gasteiger partial charge in [0.15, 0.2) is 5.96 Å². The van der Waals surface area contributed by atoms with Crippen LogP contribution in [0.2, 0.25) is 0 Å². The first-order valence-corrected chi connectivity index (χ1v) is 10.1. The predicted octanol–water partition coefficient (Wildman–Crippen LogP) is 3.05. The Morgan fingerprint density at radius 2 is 1.79 bits per heavy atom. The second kappa shape index (κ2) is 12.0. The van der Waals surface area contributed by atoms with E-state index in [1.807, 2.05) is 31.3 Å². The van der Waals surface area contributed by atoms with E-state index in [4.69, 9.17) is 4.99 Å². The first kappa shape index (κ1) is 23.4. The molecule has 1 aromatic heterocycles. The van der Waals surface area contributed by atoms with Crippen LogP contribution in [0, 0.1) is 0 Å². The summed E-state index contributed by atoms with van der Waals surface area (Å²) in [6, 6.07) is 14.8. The van der Waals surface area contributed by atoms with Gasteiger partial charge >= 0.3 is 0 Å². The number of piperazine rings is 1. The summed E-state index contributed by atoms with van der Waals surface area (Å²) >= 11 is 0. The van der Waals surface area contributed by atoms with Crippen molar-refractivity contribution in [1.29, 1.82) is 0 Å². The number of hydrogen-bond donors (Lipinski definition) is 1. The van der Waals surface area contributed by atoms with Crippen LogP contribution in [0.4, 0.5) is 5.82 Å². The minimum atomic E-state index is 0. The molecule has 7 heteroatoms. The van der Waals surface area contributed by atoms with Crippen LogP contribution in [0.25, 0.3) is 0 Å². The lowest BCUT2D eigenvalue weighted by atomic mass is 10.2. The van der Waals surface area contributed by atoms with Gasteiger partial charge in [-0.15, -0.1) is 24.0 Å². The second-order valence-electron chi connectivity index (χ2n) is 7.34. The van der Waals surface area contributed by atoms with Crippen molar-refractivity contribution in [3.8, 4) is 0 Å².